The summed E-state index contributed by atoms with van der Waals surface area (Å²) in [6.07, 6.45) is 0.582. The van der Waals surface area contributed by atoms with Crippen LogP contribution in [0, 0.1) is 0 Å². The Kier molecular flexibility index (Phi) is 4.39. The number of hydrogen-bond acceptors (Lipinski definition) is 6. The van der Waals surface area contributed by atoms with Gasteiger partial charge in [0.1, 0.15) is 5.69 Å². The van der Waals surface area contributed by atoms with E-state index in [-0.39, 0.29) is 11.4 Å². The van der Waals surface area contributed by atoms with Crippen LogP contribution in [0.5, 0.6) is 0 Å². The van der Waals surface area contributed by atoms with E-state index in [9.17, 15) is 13.2 Å². The highest BCUT2D eigenvalue weighted by Crippen LogP contribution is 2.10. The minimum Gasteiger partial charge on any atom is -0.330 e. The lowest BCUT2D eigenvalue weighted by Gasteiger charge is -2.01. The van der Waals surface area contributed by atoms with E-state index in [0.717, 1.165) is 5.01 Å². The second kappa shape index (κ2) is 5.37. The van der Waals surface area contributed by atoms with Crippen molar-refractivity contribution in [3.8, 4) is 0 Å². The molecule has 90 valence electrons. The average Bonchev–Trinajstić information content (AvgIpc) is 2.66. The maximum atomic E-state index is 11.5. The van der Waals surface area contributed by atoms with Crippen LogP contribution in [0.2, 0.25) is 0 Å². The van der Waals surface area contributed by atoms with Gasteiger partial charge in [0.2, 0.25) is 10.0 Å². The van der Waals surface area contributed by atoms with E-state index in [2.05, 4.69) is 4.98 Å². The van der Waals surface area contributed by atoms with E-state index >= 15 is 0 Å². The summed E-state index contributed by atoms with van der Waals surface area (Å²) in [6, 6.07) is 0. The molecular weight excluding hydrogens is 250 g/mol. The number of nitrogens with zero attached hydrogens (tertiary/aromatic N) is 1. The predicted octanol–water partition coefficient (Wildman–Crippen LogP) is -0.276. The lowest BCUT2D eigenvalue weighted by Crippen LogP contribution is -2.32. The summed E-state index contributed by atoms with van der Waals surface area (Å²) >= 11 is 1.29. The van der Waals surface area contributed by atoms with Crippen LogP contribution in [-0.2, 0) is 16.4 Å². The van der Waals surface area contributed by atoms with Crippen LogP contribution in [0.15, 0.2) is 5.38 Å². The minimum atomic E-state index is -3.53. The molecule has 0 saturated heterocycles. The molecule has 0 unspecified atom stereocenters. The summed E-state index contributed by atoms with van der Waals surface area (Å²) in [4.78, 5) is 15.4. The second-order valence-electron chi connectivity index (χ2n) is 3.00. The van der Waals surface area contributed by atoms with Crippen molar-refractivity contribution in [2.75, 3.05) is 12.3 Å². The van der Waals surface area contributed by atoms with Crippen LogP contribution in [-0.4, -0.2) is 31.6 Å². The SMILES string of the molecule is CCS(=O)(=O)NC(=O)c1csc(CCN)n1. The highest BCUT2D eigenvalue weighted by atomic mass is 32.2. The Labute approximate surface area is 97.9 Å². The first-order valence-corrected chi connectivity index (χ1v) is 7.21. The number of nitrogens with two attached hydrogens (primary N) is 1. The van der Waals surface area contributed by atoms with Crippen molar-refractivity contribution in [1.29, 1.82) is 0 Å². The molecule has 0 saturated carbocycles. The van der Waals surface area contributed by atoms with Gasteiger partial charge in [-0.1, -0.05) is 0 Å². The van der Waals surface area contributed by atoms with E-state index in [0.29, 0.717) is 13.0 Å². The molecule has 0 atom stereocenters. The van der Waals surface area contributed by atoms with Crippen molar-refractivity contribution >= 4 is 27.3 Å². The lowest BCUT2D eigenvalue weighted by atomic mass is 10.4. The molecule has 1 heterocycles. The van der Waals surface area contributed by atoms with Crippen LogP contribution in [0.1, 0.15) is 22.4 Å². The van der Waals surface area contributed by atoms with E-state index in [1.165, 1.54) is 23.6 Å². The van der Waals surface area contributed by atoms with Gasteiger partial charge in [-0.15, -0.1) is 11.3 Å². The molecule has 1 rings (SSSR count). The van der Waals surface area contributed by atoms with Crippen molar-refractivity contribution < 1.29 is 13.2 Å². The molecular formula is C8H13N3O3S2. The van der Waals surface area contributed by atoms with Crippen molar-refractivity contribution in [1.82, 2.24) is 9.71 Å². The van der Waals surface area contributed by atoms with Gasteiger partial charge in [-0.05, 0) is 13.5 Å². The predicted molar refractivity (Wildman–Crippen MR) is 61.8 cm³/mol. The lowest BCUT2D eigenvalue weighted by molar-refractivity contribution is 0.0977. The van der Waals surface area contributed by atoms with Crippen molar-refractivity contribution in [2.45, 2.75) is 13.3 Å². The van der Waals surface area contributed by atoms with Gasteiger partial charge in [-0.25, -0.2) is 18.1 Å². The number of carbonyl (C=O) groups excluding carboxylic acids is 1. The number of aromatic nitrogens is 1. The van der Waals surface area contributed by atoms with Crippen LogP contribution in [0.25, 0.3) is 0 Å². The Morgan fingerprint density at radius 1 is 1.62 bits per heavy atom. The van der Waals surface area contributed by atoms with Gasteiger partial charge in [0, 0.05) is 11.8 Å². The zero-order valence-electron chi connectivity index (χ0n) is 8.76. The van der Waals surface area contributed by atoms with Gasteiger partial charge >= 0.3 is 0 Å². The largest absolute Gasteiger partial charge is 0.330 e. The van der Waals surface area contributed by atoms with Crippen LogP contribution >= 0.6 is 11.3 Å². The third-order valence-corrected chi connectivity index (χ3v) is 3.94. The molecule has 1 aromatic rings. The Morgan fingerprint density at radius 3 is 2.88 bits per heavy atom. The summed E-state index contributed by atoms with van der Waals surface area (Å²) in [5.74, 6) is -0.834. The Morgan fingerprint density at radius 2 is 2.31 bits per heavy atom. The van der Waals surface area contributed by atoms with Crippen LogP contribution in [0.3, 0.4) is 0 Å². The van der Waals surface area contributed by atoms with Gasteiger partial charge in [0.15, 0.2) is 0 Å². The normalized spacial score (nSPS) is 11.4. The van der Waals surface area contributed by atoms with E-state index in [4.69, 9.17) is 5.73 Å². The Balaban J connectivity index is 2.73. The fourth-order valence-electron chi connectivity index (χ4n) is 0.919. The maximum Gasteiger partial charge on any atom is 0.284 e. The number of thiazole rings is 1. The molecule has 16 heavy (non-hydrogen) atoms. The molecule has 1 aromatic heterocycles. The zero-order chi connectivity index (χ0) is 12.2. The molecule has 8 heteroatoms. The topological polar surface area (TPSA) is 102 Å². The molecule has 0 aliphatic carbocycles. The van der Waals surface area contributed by atoms with Gasteiger partial charge in [-0.3, -0.25) is 4.79 Å². The Hall–Kier alpha value is -0.990. The average molecular weight is 263 g/mol. The van der Waals surface area contributed by atoms with Gasteiger partial charge in [0.05, 0.1) is 10.8 Å². The molecule has 0 radical (unpaired) electrons. The summed E-state index contributed by atoms with van der Waals surface area (Å²) < 4.78 is 24.2. The zero-order valence-corrected chi connectivity index (χ0v) is 10.4. The summed E-state index contributed by atoms with van der Waals surface area (Å²) in [5.41, 5.74) is 5.46. The number of carbonyl (C=O) groups is 1. The standard InChI is InChI=1S/C8H13N3O3S2/c1-2-16(13,14)11-8(12)6-5-15-7(10-6)3-4-9/h5H,2-4,9H2,1H3,(H,11,12). The molecule has 0 aliphatic rings. The van der Waals surface area contributed by atoms with E-state index in [1.54, 1.807) is 0 Å². The number of rotatable bonds is 5. The first kappa shape index (κ1) is 13.1. The summed E-state index contributed by atoms with van der Waals surface area (Å²) in [5, 5.41) is 2.24. The number of hydrogen-bond donors (Lipinski definition) is 2. The molecule has 1 amide bonds. The highest BCUT2D eigenvalue weighted by molar-refractivity contribution is 7.90. The van der Waals surface area contributed by atoms with Crippen molar-refractivity contribution in [2.24, 2.45) is 5.73 Å². The van der Waals surface area contributed by atoms with Crippen LogP contribution in [0.4, 0.5) is 0 Å². The molecule has 3 N–H and O–H groups in total. The summed E-state index contributed by atoms with van der Waals surface area (Å²) in [6.45, 7) is 1.90. The van der Waals surface area contributed by atoms with Crippen molar-refractivity contribution in [3.63, 3.8) is 0 Å². The van der Waals surface area contributed by atoms with Crippen LogP contribution < -0.4 is 10.5 Å². The number of amides is 1. The van der Waals surface area contributed by atoms with Crippen molar-refractivity contribution in [3.05, 3.63) is 16.1 Å². The second-order valence-corrected chi connectivity index (χ2v) is 5.95. The monoisotopic (exact) mass is 263 g/mol. The first-order chi connectivity index (χ1) is 7.48. The number of nitrogens with one attached hydrogen (secondary N) is 1. The third-order valence-electron chi connectivity index (χ3n) is 1.77. The minimum absolute atomic E-state index is 0.116. The molecule has 6 nitrogen and oxygen atoms in total. The van der Waals surface area contributed by atoms with Gasteiger partial charge in [0.25, 0.3) is 5.91 Å². The molecule has 0 aliphatic heterocycles. The fourth-order valence-corrected chi connectivity index (χ4v) is 2.24. The van der Waals surface area contributed by atoms with E-state index < -0.39 is 15.9 Å². The van der Waals surface area contributed by atoms with E-state index in [1.807, 2.05) is 4.72 Å². The molecule has 0 bridgehead atoms. The van der Waals surface area contributed by atoms with Gasteiger partial charge in [-0.2, -0.15) is 0 Å². The quantitative estimate of drug-likeness (QED) is 0.761. The summed E-state index contributed by atoms with van der Waals surface area (Å²) in [7, 11) is -3.53. The first-order valence-electron chi connectivity index (χ1n) is 4.67. The molecule has 0 spiro atoms. The fraction of sp³-hybridized carbons (Fsp3) is 0.500. The molecule has 0 aromatic carbocycles. The molecule has 0 fully saturated rings. The highest BCUT2D eigenvalue weighted by Gasteiger charge is 2.16. The maximum absolute atomic E-state index is 11.5. The van der Waals surface area contributed by atoms with Gasteiger partial charge < -0.3 is 5.73 Å². The third kappa shape index (κ3) is 3.54. The Bertz CT molecular complexity index is 467. The number of sulfonamides is 1. The smallest absolute Gasteiger partial charge is 0.284 e.